The van der Waals surface area contributed by atoms with E-state index in [1.807, 2.05) is 0 Å². The van der Waals surface area contributed by atoms with Gasteiger partial charge in [-0.2, -0.15) is 0 Å². The number of hydrogen-bond donors (Lipinski definition) is 3. The van der Waals surface area contributed by atoms with E-state index >= 15 is 0 Å². The van der Waals surface area contributed by atoms with Crippen LogP contribution in [-0.4, -0.2) is 54.7 Å². The Labute approximate surface area is 135 Å². The summed E-state index contributed by atoms with van der Waals surface area (Å²) in [5.74, 6) is 0. The number of hydrogen-bond acceptors (Lipinski definition) is 4. The minimum absolute atomic E-state index is 0.104. The standard InChI is InChI=1S/C12H23F4N4.Ti/c13-9-1-5-17-10(14)3-7-19-12(16)4-8-20-11(15)2-6-18-9;/h9-12,17-19H,1-8H2;/q-1;+1. The van der Waals surface area contributed by atoms with Gasteiger partial charge in [-0.05, 0) is 0 Å². The molecule has 1 saturated heterocycles. The van der Waals surface area contributed by atoms with Gasteiger partial charge in [-0.15, -0.1) is 0 Å². The van der Waals surface area contributed by atoms with Gasteiger partial charge in [0.25, 0.3) is 0 Å². The van der Waals surface area contributed by atoms with Crippen LogP contribution >= 0.6 is 0 Å². The fourth-order valence-corrected chi connectivity index (χ4v) is 2.35. The molecule has 0 aromatic carbocycles. The third kappa shape index (κ3) is 9.10. The van der Waals surface area contributed by atoms with Crippen LogP contribution in [0.2, 0.25) is 0 Å². The van der Waals surface area contributed by atoms with E-state index in [4.69, 9.17) is 0 Å². The van der Waals surface area contributed by atoms with Crippen molar-refractivity contribution in [1.82, 2.24) is 19.3 Å². The van der Waals surface area contributed by atoms with Crippen molar-refractivity contribution in [2.24, 2.45) is 0 Å². The Morgan fingerprint density at radius 3 is 1.67 bits per heavy atom. The zero-order valence-electron chi connectivity index (χ0n) is 11.9. The number of rotatable bonds is 0. The van der Waals surface area contributed by atoms with E-state index in [2.05, 4.69) is 16.0 Å². The average molecular weight is 347 g/mol. The molecule has 1 heterocycles. The zero-order valence-corrected chi connectivity index (χ0v) is 13.5. The number of alkyl halides is 4. The van der Waals surface area contributed by atoms with Gasteiger partial charge >= 0.3 is 135 Å². The van der Waals surface area contributed by atoms with Gasteiger partial charge in [-0.3, -0.25) is 0 Å². The molecular formula is C12H23F4N4Ti. The van der Waals surface area contributed by atoms with Crippen LogP contribution in [0, 0.1) is 0 Å². The molecule has 1 fully saturated rings. The fourth-order valence-electron chi connectivity index (χ4n) is 1.95. The predicted molar refractivity (Wildman–Crippen MR) is 68.8 cm³/mol. The van der Waals surface area contributed by atoms with Crippen LogP contribution in [0.4, 0.5) is 17.6 Å². The van der Waals surface area contributed by atoms with Gasteiger partial charge in [0.1, 0.15) is 0 Å². The minimum atomic E-state index is -1.29. The van der Waals surface area contributed by atoms with E-state index < -0.39 is 25.2 Å². The van der Waals surface area contributed by atoms with E-state index in [1.165, 1.54) is 3.38 Å². The number of halogens is 4. The first-order valence-electron chi connectivity index (χ1n) is 7.23. The predicted octanol–water partition coefficient (Wildman–Crippen LogP) is 1.28. The maximum atomic E-state index is 13.8. The third-order valence-corrected chi connectivity index (χ3v) is 4.02. The first kappa shape index (κ1) is 19.3. The molecule has 0 aliphatic carbocycles. The van der Waals surface area contributed by atoms with E-state index in [9.17, 15) is 17.6 Å². The van der Waals surface area contributed by atoms with Gasteiger partial charge in [0.15, 0.2) is 0 Å². The zero-order chi connectivity index (χ0) is 15.7. The van der Waals surface area contributed by atoms with Gasteiger partial charge in [-0.1, -0.05) is 0 Å². The van der Waals surface area contributed by atoms with E-state index in [0.29, 0.717) is 0 Å². The quantitative estimate of drug-likeness (QED) is 0.351. The number of nitrogens with one attached hydrogen (secondary N) is 3. The van der Waals surface area contributed by atoms with Gasteiger partial charge in [0.2, 0.25) is 0 Å². The molecule has 0 saturated carbocycles. The Kier molecular flexibility index (Phi) is 10.0. The molecule has 3 N–H and O–H groups in total. The third-order valence-electron chi connectivity index (χ3n) is 3.24. The van der Waals surface area contributed by atoms with E-state index in [1.54, 1.807) is 20.7 Å². The van der Waals surface area contributed by atoms with E-state index in [0.717, 1.165) is 0 Å². The van der Waals surface area contributed by atoms with Crippen molar-refractivity contribution in [2.75, 3.05) is 26.2 Å². The molecule has 4 nitrogen and oxygen atoms in total. The Hall–Kier alpha value is 0.274. The molecule has 0 amide bonds. The summed E-state index contributed by atoms with van der Waals surface area (Å²) < 4.78 is 55.5. The summed E-state index contributed by atoms with van der Waals surface area (Å²) in [5.41, 5.74) is 0. The molecule has 0 aromatic rings. The molecule has 0 spiro atoms. The normalized spacial score (nSPS) is 36.3. The van der Waals surface area contributed by atoms with Crippen molar-refractivity contribution in [2.45, 2.75) is 50.9 Å². The topological polar surface area (TPSA) is 39.3 Å². The molecule has 123 valence electrons. The maximum absolute atomic E-state index is 13.8. The van der Waals surface area contributed by atoms with Gasteiger partial charge < -0.3 is 0 Å². The van der Waals surface area contributed by atoms with Crippen molar-refractivity contribution >= 4 is 0 Å². The second-order valence-electron chi connectivity index (χ2n) is 5.05. The van der Waals surface area contributed by atoms with Gasteiger partial charge in [0, 0.05) is 0 Å². The van der Waals surface area contributed by atoms with Crippen LogP contribution in [0.25, 0.3) is 0 Å². The monoisotopic (exact) mass is 347 g/mol. The Bertz CT molecular complexity index is 278. The summed E-state index contributed by atoms with van der Waals surface area (Å²) in [7, 11) is 0. The SMILES string of the molecule is FC1CCNC(F)CC[N]([Ti])C(F)CCNC(F)CCN1. The van der Waals surface area contributed by atoms with Crippen LogP contribution in [0.15, 0.2) is 0 Å². The average Bonchev–Trinajstić information content (AvgIpc) is 2.43. The molecule has 4 unspecified atom stereocenters. The fraction of sp³-hybridized carbons (Fsp3) is 1.00. The Morgan fingerprint density at radius 1 is 0.714 bits per heavy atom. The molecule has 1 aliphatic rings. The molecular weight excluding hydrogens is 324 g/mol. The van der Waals surface area contributed by atoms with Crippen LogP contribution in [0.1, 0.15) is 25.7 Å². The summed E-state index contributed by atoms with van der Waals surface area (Å²) in [5, 5.41) is 7.65. The van der Waals surface area contributed by atoms with Crippen molar-refractivity contribution in [3.63, 3.8) is 0 Å². The number of nitrogens with zero attached hydrogens (tertiary/aromatic N) is 1. The van der Waals surface area contributed by atoms with Crippen molar-refractivity contribution in [3.05, 3.63) is 0 Å². The van der Waals surface area contributed by atoms with Gasteiger partial charge in [-0.25, -0.2) is 0 Å². The molecule has 21 heavy (non-hydrogen) atoms. The molecule has 0 radical (unpaired) electrons. The van der Waals surface area contributed by atoms with Crippen molar-refractivity contribution in [1.29, 1.82) is 0 Å². The molecule has 1 aliphatic heterocycles. The summed E-state index contributed by atoms with van der Waals surface area (Å²) in [6.45, 7) is 0.775. The Balaban J connectivity index is 2.43. The van der Waals surface area contributed by atoms with E-state index in [-0.39, 0.29) is 51.9 Å². The van der Waals surface area contributed by atoms with Crippen LogP contribution in [-0.2, 0) is 20.7 Å². The second kappa shape index (κ2) is 10.9. The van der Waals surface area contributed by atoms with Crippen molar-refractivity contribution < 1.29 is 38.3 Å². The molecule has 9 heteroatoms. The Morgan fingerprint density at radius 2 is 1.14 bits per heavy atom. The first-order valence-corrected chi connectivity index (χ1v) is 7.93. The summed E-state index contributed by atoms with van der Waals surface area (Å²) in [6, 6.07) is 0. The second-order valence-corrected chi connectivity index (χ2v) is 5.94. The van der Waals surface area contributed by atoms with Crippen molar-refractivity contribution in [3.8, 4) is 0 Å². The molecule has 4 atom stereocenters. The summed E-state index contributed by atoms with van der Waals surface area (Å²) >= 11 is 1.56. The summed E-state index contributed by atoms with van der Waals surface area (Å²) in [4.78, 5) is 0. The first-order chi connectivity index (χ1) is 9.99. The van der Waals surface area contributed by atoms with Crippen LogP contribution in [0.3, 0.4) is 0 Å². The van der Waals surface area contributed by atoms with Crippen LogP contribution < -0.4 is 16.0 Å². The summed E-state index contributed by atoms with van der Waals surface area (Å²) in [6.07, 6.45) is -4.64. The molecule has 0 bridgehead atoms. The van der Waals surface area contributed by atoms with Crippen LogP contribution in [0.5, 0.6) is 0 Å². The molecule has 1 rings (SSSR count). The van der Waals surface area contributed by atoms with Gasteiger partial charge in [0.05, 0.1) is 0 Å². The molecule has 0 aromatic heterocycles.